The molecule has 0 bridgehead atoms. The van der Waals surface area contributed by atoms with E-state index in [1.54, 1.807) is 12.1 Å². The normalized spacial score (nSPS) is 14.8. The molecule has 2 aromatic rings. The molecule has 1 N–H and O–H groups in total. The zero-order chi connectivity index (χ0) is 17.0. The summed E-state index contributed by atoms with van der Waals surface area (Å²) in [5.41, 5.74) is 0.341. The Balaban J connectivity index is 1.52. The van der Waals surface area contributed by atoms with E-state index in [-0.39, 0.29) is 18.3 Å². The highest BCUT2D eigenvalue weighted by Gasteiger charge is 2.51. The van der Waals surface area contributed by atoms with E-state index >= 15 is 0 Å². The summed E-state index contributed by atoms with van der Waals surface area (Å²) < 4.78 is 8.53. The molecule has 0 spiro atoms. The van der Waals surface area contributed by atoms with Crippen LogP contribution in [0.4, 0.5) is 5.69 Å². The van der Waals surface area contributed by atoms with Gasteiger partial charge in [0.2, 0.25) is 0 Å². The van der Waals surface area contributed by atoms with Crippen LogP contribution in [0, 0.1) is 10.1 Å². The maximum atomic E-state index is 12.3. The average molecular weight is 344 g/mol. The third kappa shape index (κ3) is 3.93. The van der Waals surface area contributed by atoms with E-state index in [2.05, 4.69) is 4.72 Å². The topological polar surface area (TPSA) is 81.5 Å². The van der Waals surface area contributed by atoms with Gasteiger partial charge in [-0.1, -0.05) is 30.3 Å². The predicted octanol–water partition coefficient (Wildman–Crippen LogP) is 3.47. The van der Waals surface area contributed by atoms with E-state index in [4.69, 9.17) is 4.74 Å². The summed E-state index contributed by atoms with van der Waals surface area (Å²) in [7, 11) is 0. The first-order valence-corrected chi connectivity index (χ1v) is 8.30. The molecule has 6 nitrogen and oxygen atoms in total. The Morgan fingerprint density at radius 2 is 1.83 bits per heavy atom. The van der Waals surface area contributed by atoms with Gasteiger partial charge in [0.15, 0.2) is 0 Å². The van der Waals surface area contributed by atoms with E-state index in [0.717, 1.165) is 23.3 Å². The second-order valence-electron chi connectivity index (χ2n) is 5.60. The van der Waals surface area contributed by atoms with Crippen molar-refractivity contribution in [3.05, 3.63) is 70.3 Å². The third-order valence-electron chi connectivity index (χ3n) is 3.77. The second-order valence-corrected chi connectivity index (χ2v) is 6.48. The van der Waals surface area contributed by atoms with Crippen molar-refractivity contribution in [2.75, 3.05) is 0 Å². The second kappa shape index (κ2) is 7.02. The van der Waals surface area contributed by atoms with Gasteiger partial charge in [-0.2, -0.15) is 0 Å². The van der Waals surface area contributed by atoms with Crippen LogP contribution in [0.5, 0.6) is 0 Å². The van der Waals surface area contributed by atoms with E-state index in [1.807, 2.05) is 30.3 Å². The predicted molar refractivity (Wildman–Crippen MR) is 90.3 cm³/mol. The quantitative estimate of drug-likeness (QED) is 0.358. The number of nitro benzene ring substituents is 1. The molecule has 0 radical (unpaired) electrons. The molecule has 7 heteroatoms. The van der Waals surface area contributed by atoms with Crippen molar-refractivity contribution in [3.8, 4) is 0 Å². The molecule has 24 heavy (non-hydrogen) atoms. The lowest BCUT2D eigenvalue weighted by molar-refractivity contribution is -0.384. The molecule has 1 aliphatic carbocycles. The Morgan fingerprint density at radius 1 is 1.17 bits per heavy atom. The summed E-state index contributed by atoms with van der Waals surface area (Å²) in [6.07, 6.45) is 1.45. The number of esters is 1. The lowest BCUT2D eigenvalue weighted by Gasteiger charge is -2.15. The van der Waals surface area contributed by atoms with Crippen LogP contribution < -0.4 is 4.72 Å². The van der Waals surface area contributed by atoms with Gasteiger partial charge >= 0.3 is 5.97 Å². The number of ether oxygens (including phenoxy) is 1. The van der Waals surface area contributed by atoms with Gasteiger partial charge < -0.3 is 4.74 Å². The van der Waals surface area contributed by atoms with Gasteiger partial charge in [-0.25, -0.2) is 4.72 Å². The number of hydrogen-bond donors (Lipinski definition) is 1. The minimum atomic E-state index is -0.652. The molecule has 3 rings (SSSR count). The van der Waals surface area contributed by atoms with E-state index < -0.39 is 10.5 Å². The first-order valence-electron chi connectivity index (χ1n) is 7.49. The lowest BCUT2D eigenvalue weighted by atomic mass is 10.2. The van der Waals surface area contributed by atoms with Gasteiger partial charge in [0.1, 0.15) is 12.1 Å². The highest BCUT2D eigenvalue weighted by molar-refractivity contribution is 7.97. The van der Waals surface area contributed by atoms with Crippen LogP contribution in [0.2, 0.25) is 0 Å². The van der Waals surface area contributed by atoms with Crippen LogP contribution in [-0.2, 0) is 16.1 Å². The van der Waals surface area contributed by atoms with Crippen molar-refractivity contribution >= 4 is 23.6 Å². The van der Waals surface area contributed by atoms with Crippen LogP contribution in [0.1, 0.15) is 18.4 Å². The fourth-order valence-electron chi connectivity index (χ4n) is 2.13. The highest BCUT2D eigenvalue weighted by Crippen LogP contribution is 2.39. The SMILES string of the molecule is O=C(OCc1ccccc1)C1(NSc2ccc([N+](=O)[O-])cc2)CC1. The molecule has 0 saturated heterocycles. The standard InChI is InChI=1S/C17H16N2O4S/c20-16(23-12-13-4-2-1-3-5-13)17(10-11-17)18-24-15-8-6-14(7-9-15)19(21)22/h1-9,18H,10-12H2. The summed E-state index contributed by atoms with van der Waals surface area (Å²) in [6.45, 7) is 0.255. The molecule has 0 aliphatic heterocycles. The van der Waals surface area contributed by atoms with E-state index in [9.17, 15) is 14.9 Å². The molecule has 1 fully saturated rings. The molecule has 0 atom stereocenters. The molecule has 1 saturated carbocycles. The number of carbonyl (C=O) groups is 1. The fourth-order valence-corrected chi connectivity index (χ4v) is 3.00. The number of non-ortho nitro benzene ring substituents is 1. The smallest absolute Gasteiger partial charge is 0.327 e. The number of nitrogens with one attached hydrogen (secondary N) is 1. The Hall–Kier alpha value is -2.38. The van der Waals surface area contributed by atoms with Gasteiger partial charge in [0, 0.05) is 17.0 Å². The third-order valence-corrected chi connectivity index (χ3v) is 4.77. The summed E-state index contributed by atoms with van der Waals surface area (Å²) in [5, 5.41) is 10.6. The van der Waals surface area contributed by atoms with Crippen LogP contribution in [0.15, 0.2) is 59.5 Å². The molecule has 1 aliphatic rings. The zero-order valence-electron chi connectivity index (χ0n) is 12.8. The summed E-state index contributed by atoms with van der Waals surface area (Å²) in [6, 6.07) is 15.7. The Labute approximate surface area is 143 Å². The number of rotatable bonds is 7. The van der Waals surface area contributed by atoms with Crippen molar-refractivity contribution in [1.29, 1.82) is 0 Å². The van der Waals surface area contributed by atoms with Crippen molar-refractivity contribution in [3.63, 3.8) is 0 Å². The van der Waals surface area contributed by atoms with Crippen molar-refractivity contribution in [2.45, 2.75) is 29.9 Å². The molecular weight excluding hydrogens is 328 g/mol. The van der Waals surface area contributed by atoms with Crippen LogP contribution in [-0.4, -0.2) is 16.4 Å². The Bertz CT molecular complexity index is 730. The van der Waals surface area contributed by atoms with Crippen LogP contribution in [0.25, 0.3) is 0 Å². The minimum absolute atomic E-state index is 0.0442. The lowest BCUT2D eigenvalue weighted by Crippen LogP contribution is -2.36. The molecule has 0 aromatic heterocycles. The van der Waals surface area contributed by atoms with Gasteiger partial charge in [-0.15, -0.1) is 0 Å². The molecule has 124 valence electrons. The van der Waals surface area contributed by atoms with Crippen molar-refractivity contribution < 1.29 is 14.5 Å². The highest BCUT2D eigenvalue weighted by atomic mass is 32.2. The molecule has 2 aromatic carbocycles. The molecule has 0 heterocycles. The number of benzene rings is 2. The minimum Gasteiger partial charge on any atom is -0.459 e. The van der Waals surface area contributed by atoms with Crippen molar-refractivity contribution in [2.24, 2.45) is 0 Å². The monoisotopic (exact) mass is 344 g/mol. The summed E-state index contributed by atoms with van der Waals surface area (Å²) >= 11 is 1.29. The van der Waals surface area contributed by atoms with Crippen LogP contribution in [0.3, 0.4) is 0 Å². The van der Waals surface area contributed by atoms with Gasteiger partial charge in [0.05, 0.1) is 4.92 Å². The maximum absolute atomic E-state index is 12.3. The number of nitrogens with zero attached hydrogens (tertiary/aromatic N) is 1. The Morgan fingerprint density at radius 3 is 2.42 bits per heavy atom. The fraction of sp³-hybridized carbons (Fsp3) is 0.235. The molecule has 0 unspecified atom stereocenters. The molecular formula is C17H16N2O4S. The largest absolute Gasteiger partial charge is 0.459 e. The van der Waals surface area contributed by atoms with Gasteiger partial charge in [0.25, 0.3) is 5.69 Å². The van der Waals surface area contributed by atoms with E-state index in [1.165, 1.54) is 24.1 Å². The molecule has 0 amide bonds. The van der Waals surface area contributed by atoms with Gasteiger partial charge in [-0.05, 0) is 42.5 Å². The maximum Gasteiger partial charge on any atom is 0.327 e. The first kappa shape index (κ1) is 16.5. The number of nitro groups is 1. The number of carbonyl (C=O) groups excluding carboxylic acids is 1. The van der Waals surface area contributed by atoms with Crippen LogP contribution >= 0.6 is 11.9 Å². The summed E-state index contributed by atoms with van der Waals surface area (Å²) in [5.74, 6) is -0.263. The number of hydrogen-bond acceptors (Lipinski definition) is 6. The van der Waals surface area contributed by atoms with Gasteiger partial charge in [-0.3, -0.25) is 14.9 Å². The van der Waals surface area contributed by atoms with Crippen molar-refractivity contribution in [1.82, 2.24) is 4.72 Å². The average Bonchev–Trinajstić information content (AvgIpc) is 3.40. The zero-order valence-corrected chi connectivity index (χ0v) is 13.6. The van der Waals surface area contributed by atoms with E-state index in [0.29, 0.717) is 0 Å². The Kier molecular flexibility index (Phi) is 4.82. The first-order chi connectivity index (χ1) is 11.6. The summed E-state index contributed by atoms with van der Waals surface area (Å²) in [4.78, 5) is 23.3.